The highest BCUT2D eigenvalue weighted by Gasteiger charge is 2.23. The van der Waals surface area contributed by atoms with Crippen LogP contribution in [-0.4, -0.2) is 29.5 Å². The number of nitrogens with zero attached hydrogens (tertiary/aromatic N) is 3. The molecule has 4 aromatic rings. The number of carbonyl (C=O) groups is 1. The number of nitrogens with one attached hydrogen (secondary N) is 1. The molecule has 0 aliphatic heterocycles. The van der Waals surface area contributed by atoms with Crippen LogP contribution in [0.15, 0.2) is 48.5 Å². The molecule has 35 heavy (non-hydrogen) atoms. The van der Waals surface area contributed by atoms with E-state index >= 15 is 0 Å². The van der Waals surface area contributed by atoms with Gasteiger partial charge < -0.3 is 10.2 Å². The van der Waals surface area contributed by atoms with Gasteiger partial charge in [0.1, 0.15) is 10.6 Å². The lowest BCUT2D eigenvalue weighted by atomic mass is 9.97. The van der Waals surface area contributed by atoms with Gasteiger partial charge in [0, 0.05) is 17.6 Å². The molecule has 2 aromatic heterocycles. The first-order valence-corrected chi connectivity index (χ1v) is 12.9. The van der Waals surface area contributed by atoms with Crippen LogP contribution >= 0.6 is 11.3 Å². The number of amides is 1. The standard InChI is InChI=1S/C29H30N4OS/c1-19-10-9-14-23(20(19)2)30-26(34)18-33(3)28-27-22-13-7-8-15-24(22)35-29(27)32-25(31-28)17-16-21-11-5-4-6-12-21/h4-6,9-12,14,16-17H,7-8,13,15,18H2,1-3H3,(H,30,34). The van der Waals surface area contributed by atoms with Gasteiger partial charge in [-0.2, -0.15) is 0 Å². The Hall–Kier alpha value is -3.51. The fourth-order valence-electron chi connectivity index (χ4n) is 4.61. The zero-order chi connectivity index (χ0) is 24.4. The summed E-state index contributed by atoms with van der Waals surface area (Å²) < 4.78 is 0. The average molecular weight is 483 g/mol. The van der Waals surface area contributed by atoms with E-state index in [0.29, 0.717) is 5.82 Å². The minimum Gasteiger partial charge on any atom is -0.350 e. The van der Waals surface area contributed by atoms with Crippen molar-refractivity contribution in [3.05, 3.63) is 81.5 Å². The van der Waals surface area contributed by atoms with Crippen molar-refractivity contribution in [2.45, 2.75) is 39.5 Å². The largest absolute Gasteiger partial charge is 0.350 e. The summed E-state index contributed by atoms with van der Waals surface area (Å²) in [4.78, 5) is 27.2. The number of carbonyl (C=O) groups excluding carboxylic acids is 1. The number of aryl methyl sites for hydroxylation is 3. The average Bonchev–Trinajstić information content (AvgIpc) is 3.24. The second-order valence-corrected chi connectivity index (χ2v) is 10.3. The molecule has 2 aromatic carbocycles. The molecule has 6 heteroatoms. The molecule has 178 valence electrons. The van der Waals surface area contributed by atoms with Crippen LogP contribution in [0.1, 0.15) is 45.8 Å². The lowest BCUT2D eigenvalue weighted by Crippen LogP contribution is -2.31. The SMILES string of the molecule is Cc1cccc(NC(=O)CN(C)c2nc(C=Cc3ccccc3)nc3sc4c(c23)CCCC4)c1C. The number of rotatable bonds is 6. The fourth-order valence-corrected chi connectivity index (χ4v) is 5.87. The van der Waals surface area contributed by atoms with Crippen molar-refractivity contribution in [2.24, 2.45) is 0 Å². The third kappa shape index (κ3) is 4.98. The third-order valence-electron chi connectivity index (χ3n) is 6.66. The Balaban J connectivity index is 1.48. The number of benzene rings is 2. The zero-order valence-corrected chi connectivity index (χ0v) is 21.3. The van der Waals surface area contributed by atoms with Crippen LogP contribution in [0.2, 0.25) is 0 Å². The van der Waals surface area contributed by atoms with Crippen molar-refractivity contribution in [2.75, 3.05) is 23.8 Å². The number of fused-ring (bicyclic) bond motifs is 3. The number of thiophene rings is 1. The molecule has 2 heterocycles. The Bertz CT molecular complexity index is 1410. The number of hydrogen-bond donors (Lipinski definition) is 1. The molecule has 5 nitrogen and oxygen atoms in total. The molecular formula is C29H30N4OS. The monoisotopic (exact) mass is 482 g/mol. The number of likely N-dealkylation sites (N-methyl/N-ethyl adjacent to an activating group) is 1. The molecular weight excluding hydrogens is 452 g/mol. The highest BCUT2D eigenvalue weighted by atomic mass is 32.1. The minimum absolute atomic E-state index is 0.0570. The normalized spacial score (nSPS) is 13.2. The summed E-state index contributed by atoms with van der Waals surface area (Å²) in [6.45, 7) is 4.30. The van der Waals surface area contributed by atoms with Crippen molar-refractivity contribution < 1.29 is 4.79 Å². The van der Waals surface area contributed by atoms with E-state index in [9.17, 15) is 4.79 Å². The second-order valence-electron chi connectivity index (χ2n) is 9.19. The maximum Gasteiger partial charge on any atom is 0.243 e. The van der Waals surface area contributed by atoms with Gasteiger partial charge >= 0.3 is 0 Å². The smallest absolute Gasteiger partial charge is 0.243 e. The molecule has 0 atom stereocenters. The Kier molecular flexibility index (Phi) is 6.64. The van der Waals surface area contributed by atoms with Crippen molar-refractivity contribution >= 4 is 51.1 Å². The summed E-state index contributed by atoms with van der Waals surface area (Å²) in [5.74, 6) is 1.44. The van der Waals surface area contributed by atoms with E-state index in [2.05, 4.69) is 30.4 Å². The lowest BCUT2D eigenvalue weighted by molar-refractivity contribution is -0.114. The van der Waals surface area contributed by atoms with Crippen molar-refractivity contribution in [1.82, 2.24) is 9.97 Å². The van der Waals surface area contributed by atoms with Gasteiger partial charge in [-0.3, -0.25) is 4.79 Å². The maximum atomic E-state index is 13.0. The number of aromatic nitrogens is 2. The van der Waals surface area contributed by atoms with Gasteiger partial charge in [0.15, 0.2) is 5.82 Å². The van der Waals surface area contributed by atoms with E-state index < -0.39 is 0 Å². The number of anilines is 2. The fraction of sp³-hybridized carbons (Fsp3) is 0.276. The third-order valence-corrected chi connectivity index (χ3v) is 7.84. The molecule has 0 spiro atoms. The Morgan fingerprint density at radius 3 is 2.66 bits per heavy atom. The highest BCUT2D eigenvalue weighted by molar-refractivity contribution is 7.19. The van der Waals surface area contributed by atoms with Crippen LogP contribution in [0.4, 0.5) is 11.5 Å². The predicted octanol–water partition coefficient (Wildman–Crippen LogP) is 6.43. The number of hydrogen-bond acceptors (Lipinski definition) is 5. The van der Waals surface area contributed by atoms with Crippen LogP contribution in [0, 0.1) is 13.8 Å². The van der Waals surface area contributed by atoms with E-state index in [-0.39, 0.29) is 12.5 Å². The van der Waals surface area contributed by atoms with Gasteiger partial charge in [0.05, 0.1) is 11.9 Å². The summed E-state index contributed by atoms with van der Waals surface area (Å²) in [6.07, 6.45) is 8.55. The van der Waals surface area contributed by atoms with Crippen molar-refractivity contribution in [3.63, 3.8) is 0 Å². The Morgan fingerprint density at radius 1 is 1.03 bits per heavy atom. The minimum atomic E-state index is -0.0570. The van der Waals surface area contributed by atoms with E-state index in [1.165, 1.54) is 23.3 Å². The van der Waals surface area contributed by atoms with Gasteiger partial charge in [0.2, 0.25) is 5.91 Å². The van der Waals surface area contributed by atoms with Gasteiger partial charge in [-0.15, -0.1) is 11.3 Å². The first kappa shape index (κ1) is 23.2. The highest BCUT2D eigenvalue weighted by Crippen LogP contribution is 2.39. The Labute approximate surface area is 210 Å². The van der Waals surface area contributed by atoms with Gasteiger partial charge in [0.25, 0.3) is 0 Å². The molecule has 0 saturated carbocycles. The Morgan fingerprint density at radius 2 is 1.83 bits per heavy atom. The van der Waals surface area contributed by atoms with E-state index in [0.717, 1.165) is 51.3 Å². The van der Waals surface area contributed by atoms with Crippen LogP contribution in [-0.2, 0) is 17.6 Å². The van der Waals surface area contributed by atoms with Crippen molar-refractivity contribution in [3.8, 4) is 0 Å². The summed E-state index contributed by atoms with van der Waals surface area (Å²) >= 11 is 1.78. The van der Waals surface area contributed by atoms with Gasteiger partial charge in [-0.05, 0) is 73.9 Å². The van der Waals surface area contributed by atoms with E-state index in [4.69, 9.17) is 9.97 Å². The van der Waals surface area contributed by atoms with E-state index in [1.807, 2.05) is 61.4 Å². The first-order chi connectivity index (χ1) is 17.0. The van der Waals surface area contributed by atoms with Crippen LogP contribution in [0.25, 0.3) is 22.4 Å². The first-order valence-electron chi connectivity index (χ1n) is 12.1. The topological polar surface area (TPSA) is 58.1 Å². The molecule has 0 bridgehead atoms. The van der Waals surface area contributed by atoms with Gasteiger partial charge in [-0.25, -0.2) is 9.97 Å². The summed E-state index contributed by atoms with van der Waals surface area (Å²) in [6, 6.07) is 16.1. The molecule has 0 fully saturated rings. The molecule has 1 amide bonds. The molecule has 1 N–H and O–H groups in total. The molecule has 0 saturated heterocycles. The second kappa shape index (κ2) is 10.0. The summed E-state index contributed by atoms with van der Waals surface area (Å²) in [5.41, 5.74) is 5.58. The molecule has 1 aliphatic carbocycles. The molecule has 0 radical (unpaired) electrons. The van der Waals surface area contributed by atoms with Crippen LogP contribution in [0.5, 0.6) is 0 Å². The maximum absolute atomic E-state index is 13.0. The molecule has 5 rings (SSSR count). The zero-order valence-electron chi connectivity index (χ0n) is 20.5. The summed E-state index contributed by atoms with van der Waals surface area (Å²) in [5, 5.41) is 4.20. The van der Waals surface area contributed by atoms with Crippen LogP contribution < -0.4 is 10.2 Å². The van der Waals surface area contributed by atoms with Gasteiger partial charge in [-0.1, -0.05) is 48.5 Å². The predicted molar refractivity (Wildman–Crippen MR) is 147 cm³/mol. The molecule has 0 unspecified atom stereocenters. The summed E-state index contributed by atoms with van der Waals surface area (Å²) in [7, 11) is 1.95. The molecule has 1 aliphatic rings. The lowest BCUT2D eigenvalue weighted by Gasteiger charge is -2.21. The van der Waals surface area contributed by atoms with E-state index in [1.54, 1.807) is 11.3 Å². The van der Waals surface area contributed by atoms with Crippen molar-refractivity contribution in [1.29, 1.82) is 0 Å². The van der Waals surface area contributed by atoms with Crippen LogP contribution in [0.3, 0.4) is 0 Å². The quantitative estimate of drug-likeness (QED) is 0.344.